The molecule has 5 nitrogen and oxygen atoms in total. The highest BCUT2D eigenvalue weighted by Crippen LogP contribution is 2.50. The van der Waals surface area contributed by atoms with Crippen LogP contribution in [0.4, 0.5) is 13.2 Å². The van der Waals surface area contributed by atoms with E-state index in [2.05, 4.69) is 23.8 Å². The first-order valence-corrected chi connectivity index (χ1v) is 9.23. The Morgan fingerprint density at radius 3 is 2.52 bits per heavy atom. The van der Waals surface area contributed by atoms with Crippen LogP contribution in [0.25, 0.3) is 11.3 Å². The summed E-state index contributed by atoms with van der Waals surface area (Å²) in [7, 11) is 1.58. The van der Waals surface area contributed by atoms with Crippen LogP contribution in [-0.2, 0) is 22.9 Å². The lowest BCUT2D eigenvalue weighted by Crippen LogP contribution is -2.46. The van der Waals surface area contributed by atoms with E-state index in [1.165, 1.54) is 4.90 Å². The van der Waals surface area contributed by atoms with Gasteiger partial charge in [0, 0.05) is 18.8 Å². The fourth-order valence-electron chi connectivity index (χ4n) is 4.40. The molecule has 4 rings (SSSR count). The number of benzene rings is 1. The molecule has 2 N–H and O–H groups in total. The number of nitrogens with zero attached hydrogens (tertiary/aromatic N) is 3. The number of guanidine groups is 1. The molecule has 1 unspecified atom stereocenters. The number of likely N-dealkylation sites (N-methyl/N-ethyl adjacent to an activating group) is 1. The monoisotopic (exact) mass is 402 g/mol. The Kier molecular flexibility index (Phi) is 4.05. The lowest BCUT2D eigenvalue weighted by molar-refractivity contribution is -0.137. The smallest absolute Gasteiger partial charge is 0.369 e. The fourth-order valence-corrected chi connectivity index (χ4v) is 4.40. The summed E-state index contributed by atoms with van der Waals surface area (Å²) >= 11 is 0. The van der Waals surface area contributed by atoms with Crippen molar-refractivity contribution >= 4 is 11.9 Å². The lowest BCUT2D eigenvalue weighted by Gasteiger charge is -2.41. The number of rotatable bonds is 1. The first-order valence-electron chi connectivity index (χ1n) is 9.23. The van der Waals surface area contributed by atoms with Crippen molar-refractivity contribution in [3.63, 3.8) is 0 Å². The maximum absolute atomic E-state index is 13.1. The van der Waals surface area contributed by atoms with Gasteiger partial charge in [-0.1, -0.05) is 26.0 Å². The van der Waals surface area contributed by atoms with E-state index < -0.39 is 17.3 Å². The zero-order valence-corrected chi connectivity index (χ0v) is 16.3. The molecule has 152 valence electrons. The Bertz CT molecular complexity index is 1040. The van der Waals surface area contributed by atoms with Crippen molar-refractivity contribution in [3.8, 4) is 11.3 Å². The summed E-state index contributed by atoms with van der Waals surface area (Å²) in [5, 5.41) is 0. The van der Waals surface area contributed by atoms with E-state index in [4.69, 9.17) is 5.73 Å². The minimum atomic E-state index is -4.46. The average Bonchev–Trinajstić information content (AvgIpc) is 2.84. The number of hydrogen-bond donors (Lipinski definition) is 1. The number of carbonyl (C=O) groups is 1. The van der Waals surface area contributed by atoms with Crippen LogP contribution in [-0.4, -0.2) is 28.8 Å². The summed E-state index contributed by atoms with van der Waals surface area (Å²) in [4.78, 5) is 23.1. The van der Waals surface area contributed by atoms with Crippen LogP contribution in [0.15, 0.2) is 41.5 Å². The molecule has 0 fully saturated rings. The van der Waals surface area contributed by atoms with Gasteiger partial charge in [0.1, 0.15) is 0 Å². The van der Waals surface area contributed by atoms with Gasteiger partial charge in [-0.3, -0.25) is 14.7 Å². The Hall–Kier alpha value is -2.90. The van der Waals surface area contributed by atoms with Crippen molar-refractivity contribution in [3.05, 3.63) is 53.2 Å². The molecule has 1 aliphatic heterocycles. The highest BCUT2D eigenvalue weighted by Gasteiger charge is 2.54. The average molecular weight is 402 g/mol. The number of pyridine rings is 1. The SMILES string of the molecule is CN1C(=O)C2(CC(C)(C)Cc3ccc(-c4cc(C(F)(F)F)ccn4)cc32)N=C1N. The topological polar surface area (TPSA) is 71.6 Å². The number of amides is 1. The van der Waals surface area contributed by atoms with Crippen molar-refractivity contribution in [2.45, 2.75) is 38.4 Å². The summed E-state index contributed by atoms with van der Waals surface area (Å²) < 4.78 is 39.3. The summed E-state index contributed by atoms with van der Waals surface area (Å²) in [6.45, 7) is 4.13. The second-order valence-corrected chi connectivity index (χ2v) is 8.51. The summed E-state index contributed by atoms with van der Waals surface area (Å²) in [6.07, 6.45) is -2.12. The van der Waals surface area contributed by atoms with Crippen LogP contribution in [0.2, 0.25) is 0 Å². The van der Waals surface area contributed by atoms with Crippen LogP contribution in [0.5, 0.6) is 0 Å². The van der Waals surface area contributed by atoms with Crippen LogP contribution in [0, 0.1) is 5.41 Å². The summed E-state index contributed by atoms with van der Waals surface area (Å²) in [6, 6.07) is 7.29. The highest BCUT2D eigenvalue weighted by molar-refractivity contribution is 6.07. The van der Waals surface area contributed by atoms with Gasteiger partial charge in [0.2, 0.25) is 0 Å². The zero-order valence-electron chi connectivity index (χ0n) is 16.3. The van der Waals surface area contributed by atoms with Gasteiger partial charge in [0.15, 0.2) is 11.5 Å². The molecule has 1 aromatic carbocycles. The number of aliphatic imine (C=N–C) groups is 1. The second-order valence-electron chi connectivity index (χ2n) is 8.51. The van der Waals surface area contributed by atoms with Crippen molar-refractivity contribution in [2.75, 3.05) is 7.05 Å². The van der Waals surface area contributed by atoms with Gasteiger partial charge < -0.3 is 5.73 Å². The molecule has 1 amide bonds. The predicted molar refractivity (Wildman–Crippen MR) is 103 cm³/mol. The number of halogens is 3. The zero-order chi connectivity index (χ0) is 21.2. The largest absolute Gasteiger partial charge is 0.416 e. The van der Waals surface area contributed by atoms with Crippen molar-refractivity contribution in [1.29, 1.82) is 0 Å². The van der Waals surface area contributed by atoms with E-state index in [0.29, 0.717) is 17.5 Å². The van der Waals surface area contributed by atoms with Gasteiger partial charge in [-0.05, 0) is 47.6 Å². The first kappa shape index (κ1) is 19.4. The van der Waals surface area contributed by atoms with Crippen LogP contribution >= 0.6 is 0 Å². The van der Waals surface area contributed by atoms with E-state index in [1.54, 1.807) is 19.2 Å². The normalized spacial score (nSPS) is 23.3. The molecule has 0 radical (unpaired) electrons. The molecule has 1 aliphatic carbocycles. The number of alkyl halides is 3. The van der Waals surface area contributed by atoms with E-state index in [1.807, 2.05) is 6.07 Å². The number of fused-ring (bicyclic) bond motifs is 2. The van der Waals surface area contributed by atoms with E-state index >= 15 is 0 Å². The highest BCUT2D eigenvalue weighted by atomic mass is 19.4. The van der Waals surface area contributed by atoms with Crippen LogP contribution in [0.1, 0.15) is 37.0 Å². The van der Waals surface area contributed by atoms with Gasteiger partial charge in [-0.15, -0.1) is 0 Å². The lowest BCUT2D eigenvalue weighted by atomic mass is 9.65. The third-order valence-electron chi connectivity index (χ3n) is 5.65. The number of aromatic nitrogens is 1. The molecule has 1 atom stereocenters. The minimum absolute atomic E-state index is 0.140. The van der Waals surface area contributed by atoms with Gasteiger partial charge in [-0.2, -0.15) is 13.2 Å². The Morgan fingerprint density at radius 1 is 1.17 bits per heavy atom. The molecule has 0 saturated heterocycles. The van der Waals surface area contributed by atoms with Gasteiger partial charge >= 0.3 is 6.18 Å². The molecule has 0 bridgehead atoms. The number of carbonyl (C=O) groups excluding carboxylic acids is 1. The van der Waals surface area contributed by atoms with Crippen molar-refractivity contribution in [1.82, 2.24) is 9.88 Å². The molecular weight excluding hydrogens is 381 g/mol. The quantitative estimate of drug-likeness (QED) is 0.790. The predicted octanol–water partition coefficient (Wildman–Crippen LogP) is 3.72. The Balaban J connectivity index is 1.89. The first-order chi connectivity index (χ1) is 13.4. The third kappa shape index (κ3) is 3.07. The molecule has 1 aromatic heterocycles. The summed E-state index contributed by atoms with van der Waals surface area (Å²) in [5.41, 5.74) is 6.17. The number of nitrogens with two attached hydrogens (primary N) is 1. The maximum Gasteiger partial charge on any atom is 0.416 e. The standard InChI is InChI=1S/C21H21F3N4O/c1-19(2)10-13-5-4-12(16-9-14(6-7-26-16)21(22,23)24)8-15(13)20(11-19)17(29)28(3)18(25)27-20/h4-9H,10-11H2,1-3H3,(H2,25,27). The van der Waals surface area contributed by atoms with Crippen molar-refractivity contribution < 1.29 is 18.0 Å². The fraction of sp³-hybridized carbons (Fsp3) is 0.381. The van der Waals surface area contributed by atoms with E-state index in [0.717, 1.165) is 30.3 Å². The molecule has 1 spiro atoms. The van der Waals surface area contributed by atoms with E-state index in [-0.39, 0.29) is 23.0 Å². The minimum Gasteiger partial charge on any atom is -0.369 e. The molecule has 2 heterocycles. The van der Waals surface area contributed by atoms with Crippen molar-refractivity contribution in [2.24, 2.45) is 16.1 Å². The maximum atomic E-state index is 13.1. The van der Waals surface area contributed by atoms with E-state index in [9.17, 15) is 18.0 Å². The van der Waals surface area contributed by atoms with Crippen LogP contribution < -0.4 is 5.73 Å². The van der Waals surface area contributed by atoms with Crippen LogP contribution in [0.3, 0.4) is 0 Å². The Morgan fingerprint density at radius 2 is 1.90 bits per heavy atom. The molecule has 2 aromatic rings. The summed E-state index contributed by atoms with van der Waals surface area (Å²) in [5.74, 6) is -0.0839. The third-order valence-corrected chi connectivity index (χ3v) is 5.65. The second kappa shape index (κ2) is 6.05. The van der Waals surface area contributed by atoms with Gasteiger partial charge in [0.25, 0.3) is 5.91 Å². The molecule has 0 saturated carbocycles. The molecular formula is C21H21F3N4O. The Labute approximate surface area is 166 Å². The molecule has 8 heteroatoms. The molecule has 29 heavy (non-hydrogen) atoms. The number of hydrogen-bond acceptors (Lipinski definition) is 4. The van der Waals surface area contributed by atoms with Gasteiger partial charge in [-0.25, -0.2) is 4.99 Å². The molecule has 2 aliphatic rings. The van der Waals surface area contributed by atoms with Gasteiger partial charge in [0.05, 0.1) is 11.3 Å².